The first-order valence-corrected chi connectivity index (χ1v) is 9.34. The Bertz CT molecular complexity index is 1080. The highest BCUT2D eigenvalue weighted by Crippen LogP contribution is 2.27. The molecule has 0 amide bonds. The number of carbonyl (C=O) groups excluding carboxylic acids is 1. The lowest BCUT2D eigenvalue weighted by Crippen LogP contribution is -2.26. The molecule has 0 fully saturated rings. The van der Waals surface area contributed by atoms with Crippen LogP contribution in [0.5, 0.6) is 0 Å². The van der Waals surface area contributed by atoms with Crippen LogP contribution in [0.2, 0.25) is 0 Å². The van der Waals surface area contributed by atoms with Gasteiger partial charge in [0.2, 0.25) is 0 Å². The minimum absolute atomic E-state index is 0.165. The highest BCUT2D eigenvalue weighted by molar-refractivity contribution is 8.00. The quantitative estimate of drug-likeness (QED) is 0.364. The number of para-hydroxylation sites is 1. The molecule has 4 nitrogen and oxygen atoms in total. The van der Waals surface area contributed by atoms with E-state index in [-0.39, 0.29) is 17.2 Å². The molecule has 1 atom stereocenters. The fraction of sp³-hybridized carbons (Fsp3) is 0.250. The molecule has 0 bridgehead atoms. The Morgan fingerprint density at radius 2 is 1.81 bits per heavy atom. The van der Waals surface area contributed by atoms with Crippen LogP contribution in [-0.2, 0) is 0 Å². The summed E-state index contributed by atoms with van der Waals surface area (Å²) in [4.78, 5) is 30.0. The van der Waals surface area contributed by atoms with Crippen molar-refractivity contribution < 1.29 is 13.6 Å². The van der Waals surface area contributed by atoms with Crippen molar-refractivity contribution in [2.24, 2.45) is 0 Å². The van der Waals surface area contributed by atoms with Gasteiger partial charge in [-0.15, -0.1) is 0 Å². The van der Waals surface area contributed by atoms with Gasteiger partial charge >= 0.3 is 0 Å². The lowest BCUT2D eigenvalue weighted by Gasteiger charge is -2.18. The highest BCUT2D eigenvalue weighted by atomic mass is 32.2. The van der Waals surface area contributed by atoms with Crippen molar-refractivity contribution in [3.63, 3.8) is 0 Å². The number of benzene rings is 2. The standard InChI is InChI=1S/C20H18F2N2O2S/c1-11(2)24-19(26)15-6-4-5-7-17(15)23-20(24)27-12(3)18(25)14-9-8-13(21)10-16(14)22/h4-12H,1-3H3. The zero-order chi connectivity index (χ0) is 19.7. The fourth-order valence-electron chi connectivity index (χ4n) is 2.78. The minimum atomic E-state index is -0.903. The third kappa shape index (κ3) is 3.78. The molecule has 140 valence electrons. The van der Waals surface area contributed by atoms with Crippen LogP contribution < -0.4 is 5.56 Å². The molecule has 1 unspecified atom stereocenters. The molecule has 0 N–H and O–H groups in total. The van der Waals surface area contributed by atoms with Crippen LogP contribution in [0, 0.1) is 11.6 Å². The molecule has 0 aliphatic rings. The van der Waals surface area contributed by atoms with E-state index < -0.39 is 22.7 Å². The second-order valence-corrected chi connectivity index (χ2v) is 7.74. The molecule has 1 heterocycles. The summed E-state index contributed by atoms with van der Waals surface area (Å²) >= 11 is 1.09. The first-order valence-electron chi connectivity index (χ1n) is 8.46. The van der Waals surface area contributed by atoms with Crippen LogP contribution in [-0.4, -0.2) is 20.6 Å². The van der Waals surface area contributed by atoms with Crippen molar-refractivity contribution in [3.05, 3.63) is 70.0 Å². The SMILES string of the molecule is CC(Sc1nc2ccccc2c(=O)n1C(C)C)C(=O)c1ccc(F)cc1F. The summed E-state index contributed by atoms with van der Waals surface area (Å²) in [5, 5.41) is 0.180. The van der Waals surface area contributed by atoms with E-state index in [2.05, 4.69) is 4.98 Å². The molecule has 0 saturated carbocycles. The molecule has 1 aromatic heterocycles. The molecule has 0 aliphatic heterocycles. The van der Waals surface area contributed by atoms with Crippen molar-refractivity contribution in [3.8, 4) is 0 Å². The van der Waals surface area contributed by atoms with Crippen molar-refractivity contribution in [2.45, 2.75) is 37.2 Å². The van der Waals surface area contributed by atoms with Gasteiger partial charge in [-0.25, -0.2) is 13.8 Å². The molecule has 0 spiro atoms. The van der Waals surface area contributed by atoms with Gasteiger partial charge in [-0.05, 0) is 45.0 Å². The number of ketones is 1. The number of hydrogen-bond donors (Lipinski definition) is 0. The van der Waals surface area contributed by atoms with Crippen molar-refractivity contribution >= 4 is 28.4 Å². The van der Waals surface area contributed by atoms with Gasteiger partial charge in [-0.3, -0.25) is 14.2 Å². The van der Waals surface area contributed by atoms with Gasteiger partial charge in [0.25, 0.3) is 5.56 Å². The summed E-state index contributed by atoms with van der Waals surface area (Å²) in [6.45, 7) is 5.32. The van der Waals surface area contributed by atoms with Gasteiger partial charge in [-0.1, -0.05) is 23.9 Å². The lowest BCUT2D eigenvalue weighted by molar-refractivity contribution is 0.0990. The van der Waals surface area contributed by atoms with E-state index in [1.54, 1.807) is 31.2 Å². The summed E-state index contributed by atoms with van der Waals surface area (Å²) in [5.41, 5.74) is 0.163. The number of nitrogens with zero attached hydrogens (tertiary/aromatic N) is 2. The van der Waals surface area contributed by atoms with Gasteiger partial charge in [0.15, 0.2) is 10.9 Å². The molecule has 2 aromatic carbocycles. The summed E-state index contributed by atoms with van der Waals surface area (Å²) < 4.78 is 28.6. The maximum Gasteiger partial charge on any atom is 0.262 e. The van der Waals surface area contributed by atoms with Crippen molar-refractivity contribution in [2.75, 3.05) is 0 Å². The van der Waals surface area contributed by atoms with Crippen LogP contribution in [0.25, 0.3) is 10.9 Å². The van der Waals surface area contributed by atoms with Crippen LogP contribution >= 0.6 is 11.8 Å². The van der Waals surface area contributed by atoms with Crippen molar-refractivity contribution in [1.82, 2.24) is 9.55 Å². The summed E-state index contributed by atoms with van der Waals surface area (Å²) in [6, 6.07) is 9.69. The molecule has 0 saturated heterocycles. The number of aromatic nitrogens is 2. The molecular formula is C20H18F2N2O2S. The Morgan fingerprint density at radius 3 is 2.48 bits per heavy atom. The molecular weight excluding hydrogens is 370 g/mol. The van der Waals surface area contributed by atoms with Crippen LogP contribution in [0.1, 0.15) is 37.2 Å². The van der Waals surface area contributed by atoms with E-state index in [1.165, 1.54) is 4.57 Å². The first-order chi connectivity index (χ1) is 12.8. The smallest absolute Gasteiger partial charge is 0.262 e. The number of halogens is 2. The normalized spacial score (nSPS) is 12.5. The number of fused-ring (bicyclic) bond motifs is 1. The minimum Gasteiger partial charge on any atom is -0.293 e. The molecule has 3 rings (SSSR count). The van der Waals surface area contributed by atoms with E-state index in [0.29, 0.717) is 22.1 Å². The van der Waals surface area contributed by atoms with E-state index in [4.69, 9.17) is 0 Å². The third-order valence-corrected chi connectivity index (χ3v) is 5.21. The van der Waals surface area contributed by atoms with E-state index >= 15 is 0 Å². The third-order valence-electron chi connectivity index (χ3n) is 4.14. The number of thioether (sulfide) groups is 1. The Morgan fingerprint density at radius 1 is 1.11 bits per heavy atom. The Labute approximate surface area is 159 Å². The second-order valence-electron chi connectivity index (χ2n) is 6.43. The molecule has 3 aromatic rings. The number of hydrogen-bond acceptors (Lipinski definition) is 4. The topological polar surface area (TPSA) is 52.0 Å². The molecule has 7 heteroatoms. The van der Waals surface area contributed by atoms with Crippen LogP contribution in [0.3, 0.4) is 0 Å². The predicted octanol–water partition coefficient (Wildman–Crippen LogP) is 4.62. The van der Waals surface area contributed by atoms with E-state index in [0.717, 1.165) is 23.9 Å². The van der Waals surface area contributed by atoms with Gasteiger partial charge in [-0.2, -0.15) is 0 Å². The largest absolute Gasteiger partial charge is 0.293 e. The zero-order valence-corrected chi connectivity index (χ0v) is 15.9. The molecule has 27 heavy (non-hydrogen) atoms. The van der Waals surface area contributed by atoms with E-state index in [1.807, 2.05) is 13.8 Å². The van der Waals surface area contributed by atoms with Gasteiger partial charge < -0.3 is 0 Å². The number of carbonyl (C=O) groups is 1. The average Bonchev–Trinajstić information content (AvgIpc) is 2.61. The van der Waals surface area contributed by atoms with E-state index in [9.17, 15) is 18.4 Å². The monoisotopic (exact) mass is 388 g/mol. The average molecular weight is 388 g/mol. The maximum atomic E-state index is 13.9. The van der Waals surface area contributed by atoms with Gasteiger partial charge in [0.05, 0.1) is 21.7 Å². The lowest BCUT2D eigenvalue weighted by atomic mass is 10.1. The fourth-order valence-corrected chi connectivity index (χ4v) is 3.89. The predicted molar refractivity (Wildman–Crippen MR) is 102 cm³/mol. The zero-order valence-electron chi connectivity index (χ0n) is 15.1. The summed E-state index contributed by atoms with van der Waals surface area (Å²) in [5.74, 6) is -2.13. The first kappa shape index (κ1) is 19.2. The highest BCUT2D eigenvalue weighted by Gasteiger charge is 2.23. The molecule has 0 radical (unpaired) electrons. The maximum absolute atomic E-state index is 13.9. The Balaban J connectivity index is 2.01. The summed E-state index contributed by atoms with van der Waals surface area (Å²) in [6.07, 6.45) is 0. The number of rotatable bonds is 5. The summed E-state index contributed by atoms with van der Waals surface area (Å²) in [7, 11) is 0. The van der Waals surface area contributed by atoms with Gasteiger partial charge in [0, 0.05) is 12.1 Å². The van der Waals surface area contributed by atoms with Crippen molar-refractivity contribution in [1.29, 1.82) is 0 Å². The van der Waals surface area contributed by atoms with Crippen LogP contribution in [0.15, 0.2) is 52.4 Å². The second kappa shape index (κ2) is 7.60. The Kier molecular flexibility index (Phi) is 5.41. The van der Waals surface area contributed by atoms with Crippen LogP contribution in [0.4, 0.5) is 8.78 Å². The Hall–Kier alpha value is -2.54. The van der Waals surface area contributed by atoms with Gasteiger partial charge in [0.1, 0.15) is 11.6 Å². The number of Topliss-reactive ketones (excluding diaryl/α,β-unsaturated/α-hetero) is 1. The molecule has 0 aliphatic carbocycles.